The maximum Gasteiger partial charge on any atom is 0.209 e. The van der Waals surface area contributed by atoms with Crippen LogP contribution in [0.3, 0.4) is 0 Å². The van der Waals surface area contributed by atoms with E-state index in [1.807, 2.05) is 0 Å². The molecular formula is C14H24O3. The molecule has 3 nitrogen and oxygen atoms in total. The van der Waals surface area contributed by atoms with Crippen LogP contribution in [0.5, 0.6) is 0 Å². The smallest absolute Gasteiger partial charge is 0.209 e. The number of hydrogen-bond acceptors (Lipinski definition) is 3. The van der Waals surface area contributed by atoms with Gasteiger partial charge in [0.15, 0.2) is 0 Å². The van der Waals surface area contributed by atoms with Gasteiger partial charge in [0.05, 0.1) is 12.5 Å². The molecule has 1 fully saturated rings. The third-order valence-corrected chi connectivity index (χ3v) is 3.90. The minimum Gasteiger partial charge on any atom is -0.495 e. The Morgan fingerprint density at radius 3 is 1.88 bits per heavy atom. The van der Waals surface area contributed by atoms with Crippen molar-refractivity contribution in [1.82, 2.24) is 0 Å². The zero-order valence-electron chi connectivity index (χ0n) is 11.2. The van der Waals surface area contributed by atoms with Gasteiger partial charge in [0.1, 0.15) is 5.60 Å². The van der Waals surface area contributed by atoms with E-state index in [1.165, 1.54) is 6.26 Å². The van der Waals surface area contributed by atoms with Crippen molar-refractivity contribution in [3.8, 4) is 0 Å². The first-order valence-electron chi connectivity index (χ1n) is 6.17. The van der Waals surface area contributed by atoms with E-state index in [-0.39, 0.29) is 5.60 Å². The molecule has 1 aliphatic carbocycles. The van der Waals surface area contributed by atoms with Crippen LogP contribution < -0.4 is 0 Å². The van der Waals surface area contributed by atoms with Crippen molar-refractivity contribution in [2.45, 2.75) is 50.9 Å². The number of rotatable bonds is 6. The van der Waals surface area contributed by atoms with Crippen LogP contribution in [0.1, 0.15) is 39.5 Å². The molecule has 17 heavy (non-hydrogen) atoms. The Hall–Kier alpha value is -0.960. The summed E-state index contributed by atoms with van der Waals surface area (Å²) in [6.07, 6.45) is 6.42. The largest absolute Gasteiger partial charge is 0.495 e. The molecule has 0 unspecified atom stereocenters. The van der Waals surface area contributed by atoms with Gasteiger partial charge in [0.2, 0.25) is 5.79 Å². The molecule has 0 aromatic carbocycles. The van der Waals surface area contributed by atoms with Crippen molar-refractivity contribution < 1.29 is 14.2 Å². The standard InChI is InChI=1S/C14H24O3/c1-6-16-13(12(3)4)8-10-14(15-5,11-9-13)17-7-2/h6-7,12H,1-2,8-11H2,3-5H3. The lowest BCUT2D eigenvalue weighted by molar-refractivity contribution is -0.233. The Balaban J connectivity index is 2.75. The molecule has 0 saturated heterocycles. The van der Waals surface area contributed by atoms with Crippen LogP contribution in [-0.4, -0.2) is 18.5 Å². The van der Waals surface area contributed by atoms with Crippen LogP contribution in [-0.2, 0) is 14.2 Å². The first-order chi connectivity index (χ1) is 8.04. The van der Waals surface area contributed by atoms with E-state index >= 15 is 0 Å². The van der Waals surface area contributed by atoms with Gasteiger partial charge in [0.25, 0.3) is 0 Å². The summed E-state index contributed by atoms with van der Waals surface area (Å²) in [7, 11) is 1.68. The molecule has 0 bridgehead atoms. The fourth-order valence-corrected chi connectivity index (χ4v) is 2.57. The molecule has 1 saturated carbocycles. The van der Waals surface area contributed by atoms with Crippen molar-refractivity contribution in [2.75, 3.05) is 7.11 Å². The highest BCUT2D eigenvalue weighted by Crippen LogP contribution is 2.43. The van der Waals surface area contributed by atoms with Gasteiger partial charge in [-0.2, -0.15) is 0 Å². The van der Waals surface area contributed by atoms with Crippen LogP contribution in [0.25, 0.3) is 0 Å². The zero-order valence-corrected chi connectivity index (χ0v) is 11.2. The summed E-state index contributed by atoms with van der Waals surface area (Å²) in [6, 6.07) is 0. The monoisotopic (exact) mass is 240 g/mol. The molecule has 1 rings (SSSR count). The minimum atomic E-state index is -0.523. The van der Waals surface area contributed by atoms with Crippen molar-refractivity contribution in [3.63, 3.8) is 0 Å². The third kappa shape index (κ3) is 2.83. The molecule has 0 radical (unpaired) electrons. The predicted molar refractivity (Wildman–Crippen MR) is 68.3 cm³/mol. The molecule has 0 spiro atoms. The number of methoxy groups -OCH3 is 1. The Bertz CT molecular complexity index is 263. The molecule has 1 aliphatic rings. The average molecular weight is 240 g/mol. The van der Waals surface area contributed by atoms with E-state index in [1.54, 1.807) is 13.4 Å². The minimum absolute atomic E-state index is 0.131. The lowest BCUT2D eigenvalue weighted by atomic mass is 9.74. The fraction of sp³-hybridized carbons (Fsp3) is 0.714. The molecular weight excluding hydrogens is 216 g/mol. The van der Waals surface area contributed by atoms with Gasteiger partial charge in [-0.3, -0.25) is 0 Å². The SMILES string of the molecule is C=COC1(OC)CCC(OC=C)(C(C)C)CC1. The highest BCUT2D eigenvalue weighted by Gasteiger charge is 2.46. The zero-order chi connectivity index (χ0) is 12.9. The number of hydrogen-bond donors (Lipinski definition) is 0. The van der Waals surface area contributed by atoms with Gasteiger partial charge >= 0.3 is 0 Å². The van der Waals surface area contributed by atoms with Crippen LogP contribution in [0.15, 0.2) is 25.7 Å². The highest BCUT2D eigenvalue weighted by atomic mass is 16.7. The molecule has 0 N–H and O–H groups in total. The highest BCUT2D eigenvalue weighted by molar-refractivity contribution is 4.95. The number of ether oxygens (including phenoxy) is 3. The molecule has 0 aliphatic heterocycles. The first kappa shape index (κ1) is 14.1. The normalized spacial score (nSPS) is 33.2. The predicted octanol–water partition coefficient (Wildman–Crippen LogP) is 3.62. The molecule has 0 aromatic heterocycles. The quantitative estimate of drug-likeness (QED) is 0.524. The van der Waals surface area contributed by atoms with E-state index in [9.17, 15) is 0 Å². The molecule has 0 aromatic rings. The second-order valence-electron chi connectivity index (χ2n) is 4.90. The van der Waals surface area contributed by atoms with Gasteiger partial charge in [-0.25, -0.2) is 0 Å². The average Bonchev–Trinajstić information content (AvgIpc) is 2.32. The van der Waals surface area contributed by atoms with Crippen molar-refractivity contribution in [2.24, 2.45) is 5.92 Å². The van der Waals surface area contributed by atoms with Crippen molar-refractivity contribution in [1.29, 1.82) is 0 Å². The van der Waals surface area contributed by atoms with Crippen molar-refractivity contribution in [3.05, 3.63) is 25.7 Å². The van der Waals surface area contributed by atoms with E-state index < -0.39 is 5.79 Å². The van der Waals surface area contributed by atoms with E-state index in [0.29, 0.717) is 5.92 Å². The summed E-state index contributed by atoms with van der Waals surface area (Å²) >= 11 is 0. The molecule has 98 valence electrons. The summed E-state index contributed by atoms with van der Waals surface area (Å²) in [6.45, 7) is 11.6. The summed E-state index contributed by atoms with van der Waals surface area (Å²) in [4.78, 5) is 0. The lowest BCUT2D eigenvalue weighted by Crippen LogP contribution is -2.48. The van der Waals surface area contributed by atoms with Crippen molar-refractivity contribution >= 4 is 0 Å². The Kier molecular flexibility index (Phi) is 4.63. The van der Waals surface area contributed by atoms with E-state index in [0.717, 1.165) is 25.7 Å². The summed E-state index contributed by atoms with van der Waals surface area (Å²) in [5, 5.41) is 0. The summed E-state index contributed by atoms with van der Waals surface area (Å²) in [5.74, 6) is -0.0795. The van der Waals surface area contributed by atoms with E-state index in [4.69, 9.17) is 14.2 Å². The second-order valence-corrected chi connectivity index (χ2v) is 4.90. The van der Waals surface area contributed by atoms with Gasteiger partial charge in [-0.15, -0.1) is 0 Å². The Morgan fingerprint density at radius 1 is 1.00 bits per heavy atom. The van der Waals surface area contributed by atoms with E-state index in [2.05, 4.69) is 27.0 Å². The van der Waals surface area contributed by atoms with Gasteiger partial charge in [-0.05, 0) is 18.8 Å². The first-order valence-corrected chi connectivity index (χ1v) is 6.17. The molecule has 3 heteroatoms. The van der Waals surface area contributed by atoms with Crippen LogP contribution in [0.2, 0.25) is 0 Å². The lowest BCUT2D eigenvalue weighted by Gasteiger charge is -2.46. The fourth-order valence-electron chi connectivity index (χ4n) is 2.57. The summed E-state index contributed by atoms with van der Waals surface area (Å²) in [5.41, 5.74) is -0.131. The second kappa shape index (κ2) is 5.58. The van der Waals surface area contributed by atoms with Crippen LogP contribution >= 0.6 is 0 Å². The van der Waals surface area contributed by atoms with Crippen LogP contribution in [0, 0.1) is 5.92 Å². The Labute approximate surface area is 104 Å². The van der Waals surface area contributed by atoms with Gasteiger partial charge in [-0.1, -0.05) is 27.0 Å². The maximum atomic E-state index is 5.77. The van der Waals surface area contributed by atoms with Gasteiger partial charge < -0.3 is 14.2 Å². The molecule has 0 amide bonds. The Morgan fingerprint density at radius 2 is 1.53 bits per heavy atom. The van der Waals surface area contributed by atoms with Gasteiger partial charge in [0, 0.05) is 20.0 Å². The maximum absolute atomic E-state index is 5.77. The third-order valence-electron chi connectivity index (χ3n) is 3.90. The summed E-state index contributed by atoms with van der Waals surface area (Å²) < 4.78 is 16.8. The molecule has 0 heterocycles. The van der Waals surface area contributed by atoms with Crippen LogP contribution in [0.4, 0.5) is 0 Å². The topological polar surface area (TPSA) is 27.7 Å². The molecule has 0 atom stereocenters.